The number of aryl methyl sites for hydroxylation is 1. The normalized spacial score (nSPS) is 10.3. The number of hydrogen-bond acceptors (Lipinski definition) is 4. The summed E-state index contributed by atoms with van der Waals surface area (Å²) in [5.74, 6) is 0.717. The minimum absolute atomic E-state index is 0.662. The fourth-order valence-electron chi connectivity index (χ4n) is 1.75. The van der Waals surface area contributed by atoms with Crippen LogP contribution in [0.3, 0.4) is 0 Å². The van der Waals surface area contributed by atoms with E-state index in [1.165, 1.54) is 5.56 Å². The van der Waals surface area contributed by atoms with Gasteiger partial charge in [-0.25, -0.2) is 9.97 Å². The molecular formula is C14H18N4. The van der Waals surface area contributed by atoms with E-state index in [1.807, 2.05) is 6.07 Å². The van der Waals surface area contributed by atoms with Gasteiger partial charge in [0.2, 0.25) is 5.95 Å². The van der Waals surface area contributed by atoms with E-state index >= 15 is 0 Å². The van der Waals surface area contributed by atoms with Crippen LogP contribution in [0.4, 0.5) is 11.6 Å². The van der Waals surface area contributed by atoms with Gasteiger partial charge in [0.15, 0.2) is 0 Å². The molecule has 0 radical (unpaired) electrons. The first kappa shape index (κ1) is 12.5. The Morgan fingerprint density at radius 2 is 1.78 bits per heavy atom. The van der Waals surface area contributed by atoms with Gasteiger partial charge in [-0.05, 0) is 38.1 Å². The van der Waals surface area contributed by atoms with Gasteiger partial charge in [0.25, 0.3) is 0 Å². The minimum atomic E-state index is 0.662. The van der Waals surface area contributed by atoms with Gasteiger partial charge < -0.3 is 10.6 Å². The zero-order valence-electron chi connectivity index (χ0n) is 10.6. The van der Waals surface area contributed by atoms with Crippen molar-refractivity contribution < 1.29 is 0 Å². The second-order valence-corrected chi connectivity index (χ2v) is 4.18. The quantitative estimate of drug-likeness (QED) is 0.874. The summed E-state index contributed by atoms with van der Waals surface area (Å²) in [5, 5.41) is 0. The van der Waals surface area contributed by atoms with Crippen molar-refractivity contribution in [2.45, 2.75) is 13.3 Å². The summed E-state index contributed by atoms with van der Waals surface area (Å²) in [6.07, 6.45) is 4.42. The number of rotatable bonds is 5. The van der Waals surface area contributed by atoms with Gasteiger partial charge in [0.05, 0.1) is 0 Å². The first-order chi connectivity index (χ1) is 8.81. The molecule has 0 unspecified atom stereocenters. The predicted octanol–water partition coefficient (Wildman–Crippen LogP) is 2.27. The number of aromatic nitrogens is 2. The topological polar surface area (TPSA) is 55.0 Å². The van der Waals surface area contributed by atoms with Crippen molar-refractivity contribution in [1.82, 2.24) is 9.97 Å². The molecule has 0 saturated carbocycles. The molecule has 0 fully saturated rings. The average molecular weight is 242 g/mol. The number of hydrogen-bond donors (Lipinski definition) is 1. The van der Waals surface area contributed by atoms with E-state index in [0.717, 1.165) is 24.6 Å². The van der Waals surface area contributed by atoms with Gasteiger partial charge in [-0.2, -0.15) is 0 Å². The molecule has 2 aromatic rings. The van der Waals surface area contributed by atoms with E-state index in [1.54, 1.807) is 12.4 Å². The van der Waals surface area contributed by atoms with Gasteiger partial charge in [-0.1, -0.05) is 17.7 Å². The lowest BCUT2D eigenvalue weighted by atomic mass is 10.2. The molecule has 0 aliphatic rings. The summed E-state index contributed by atoms with van der Waals surface area (Å²) in [6, 6.07) is 10.2. The van der Waals surface area contributed by atoms with Crippen molar-refractivity contribution in [3.05, 3.63) is 48.3 Å². The van der Waals surface area contributed by atoms with Crippen molar-refractivity contribution in [2.75, 3.05) is 18.0 Å². The van der Waals surface area contributed by atoms with Gasteiger partial charge >= 0.3 is 0 Å². The monoisotopic (exact) mass is 242 g/mol. The minimum Gasteiger partial charge on any atom is -0.330 e. The Hall–Kier alpha value is -1.94. The van der Waals surface area contributed by atoms with Crippen LogP contribution in [0, 0.1) is 6.92 Å². The van der Waals surface area contributed by atoms with Crippen molar-refractivity contribution >= 4 is 11.6 Å². The molecule has 2 rings (SSSR count). The van der Waals surface area contributed by atoms with Crippen LogP contribution in [0.25, 0.3) is 0 Å². The summed E-state index contributed by atoms with van der Waals surface area (Å²) in [5.41, 5.74) is 7.93. The van der Waals surface area contributed by atoms with E-state index in [0.29, 0.717) is 6.54 Å². The maximum Gasteiger partial charge on any atom is 0.229 e. The first-order valence-electron chi connectivity index (χ1n) is 6.12. The Morgan fingerprint density at radius 3 is 2.39 bits per heavy atom. The lowest BCUT2D eigenvalue weighted by molar-refractivity contribution is 0.799. The molecule has 1 heterocycles. The zero-order valence-corrected chi connectivity index (χ0v) is 10.6. The zero-order chi connectivity index (χ0) is 12.8. The molecular weight excluding hydrogens is 224 g/mol. The Kier molecular flexibility index (Phi) is 4.25. The van der Waals surface area contributed by atoms with Crippen LogP contribution in [0.1, 0.15) is 12.0 Å². The Labute approximate surface area is 107 Å². The molecule has 0 aliphatic heterocycles. The van der Waals surface area contributed by atoms with Gasteiger partial charge in [0, 0.05) is 24.6 Å². The Bertz CT molecular complexity index is 467. The van der Waals surface area contributed by atoms with Crippen LogP contribution in [0.15, 0.2) is 42.7 Å². The average Bonchev–Trinajstić information content (AvgIpc) is 2.42. The highest BCUT2D eigenvalue weighted by atomic mass is 15.2. The van der Waals surface area contributed by atoms with E-state index in [2.05, 4.69) is 46.1 Å². The van der Waals surface area contributed by atoms with E-state index in [9.17, 15) is 0 Å². The number of anilines is 2. The third-order valence-corrected chi connectivity index (χ3v) is 2.73. The summed E-state index contributed by atoms with van der Waals surface area (Å²) >= 11 is 0. The molecule has 1 aromatic carbocycles. The van der Waals surface area contributed by atoms with Crippen LogP contribution in [0.5, 0.6) is 0 Å². The molecule has 0 bridgehead atoms. The van der Waals surface area contributed by atoms with Crippen LogP contribution >= 0.6 is 0 Å². The molecule has 0 atom stereocenters. The molecule has 0 amide bonds. The second-order valence-electron chi connectivity index (χ2n) is 4.18. The Balaban J connectivity index is 2.27. The molecule has 0 spiro atoms. The van der Waals surface area contributed by atoms with E-state index in [4.69, 9.17) is 5.73 Å². The third-order valence-electron chi connectivity index (χ3n) is 2.73. The van der Waals surface area contributed by atoms with Crippen molar-refractivity contribution in [2.24, 2.45) is 5.73 Å². The van der Waals surface area contributed by atoms with Crippen LogP contribution in [-0.4, -0.2) is 23.1 Å². The number of benzene rings is 1. The summed E-state index contributed by atoms with van der Waals surface area (Å²) < 4.78 is 0. The molecule has 4 heteroatoms. The fourth-order valence-corrected chi connectivity index (χ4v) is 1.75. The molecule has 1 aromatic heterocycles. The van der Waals surface area contributed by atoms with Gasteiger partial charge in [0.1, 0.15) is 0 Å². The highest BCUT2D eigenvalue weighted by molar-refractivity contribution is 5.57. The third kappa shape index (κ3) is 3.05. The predicted molar refractivity (Wildman–Crippen MR) is 73.9 cm³/mol. The molecule has 0 aliphatic carbocycles. The number of nitrogens with zero attached hydrogens (tertiary/aromatic N) is 3. The molecule has 18 heavy (non-hydrogen) atoms. The number of nitrogens with two attached hydrogens (primary N) is 1. The van der Waals surface area contributed by atoms with Crippen molar-refractivity contribution in [3.63, 3.8) is 0 Å². The molecule has 94 valence electrons. The van der Waals surface area contributed by atoms with Crippen LogP contribution in [-0.2, 0) is 0 Å². The molecule has 2 N–H and O–H groups in total. The van der Waals surface area contributed by atoms with Crippen molar-refractivity contribution in [3.8, 4) is 0 Å². The molecule has 0 saturated heterocycles. The first-order valence-corrected chi connectivity index (χ1v) is 6.12. The highest BCUT2D eigenvalue weighted by Crippen LogP contribution is 2.21. The summed E-state index contributed by atoms with van der Waals surface area (Å²) in [4.78, 5) is 10.7. The van der Waals surface area contributed by atoms with Gasteiger partial charge in [-0.3, -0.25) is 0 Å². The maximum atomic E-state index is 5.59. The summed E-state index contributed by atoms with van der Waals surface area (Å²) in [7, 11) is 0. The highest BCUT2D eigenvalue weighted by Gasteiger charge is 2.10. The lowest BCUT2D eigenvalue weighted by Crippen LogP contribution is -2.22. The smallest absolute Gasteiger partial charge is 0.229 e. The lowest BCUT2D eigenvalue weighted by Gasteiger charge is -2.22. The van der Waals surface area contributed by atoms with Crippen LogP contribution < -0.4 is 10.6 Å². The summed E-state index contributed by atoms with van der Waals surface area (Å²) in [6.45, 7) is 3.56. The SMILES string of the molecule is Cc1ccc(N(CCCN)c2ncccn2)cc1. The van der Waals surface area contributed by atoms with Crippen molar-refractivity contribution in [1.29, 1.82) is 0 Å². The van der Waals surface area contributed by atoms with E-state index < -0.39 is 0 Å². The fraction of sp³-hybridized carbons (Fsp3) is 0.286. The second kappa shape index (κ2) is 6.12. The Morgan fingerprint density at radius 1 is 1.11 bits per heavy atom. The van der Waals surface area contributed by atoms with Gasteiger partial charge in [-0.15, -0.1) is 0 Å². The van der Waals surface area contributed by atoms with E-state index in [-0.39, 0.29) is 0 Å². The van der Waals surface area contributed by atoms with Crippen LogP contribution in [0.2, 0.25) is 0 Å². The molecule has 4 nitrogen and oxygen atoms in total. The standard InChI is InChI=1S/C14H18N4/c1-12-4-6-13(7-5-12)18(11-2-8-15)14-16-9-3-10-17-14/h3-7,9-10H,2,8,11,15H2,1H3. The largest absolute Gasteiger partial charge is 0.330 e. The maximum absolute atomic E-state index is 5.59.